The minimum absolute atomic E-state index is 0.0825. The molecule has 11 heteroatoms. The second-order valence-corrected chi connectivity index (χ2v) is 15.1. The Morgan fingerprint density at radius 2 is 1.94 bits per heavy atom. The van der Waals surface area contributed by atoms with Crippen LogP contribution in [0.25, 0.3) is 22.5 Å². The van der Waals surface area contributed by atoms with Gasteiger partial charge < -0.3 is 24.4 Å². The first-order chi connectivity index (χ1) is 22.9. The summed E-state index contributed by atoms with van der Waals surface area (Å²) in [6, 6.07) is 7.69. The van der Waals surface area contributed by atoms with Gasteiger partial charge in [0.05, 0.1) is 27.4 Å². The van der Waals surface area contributed by atoms with E-state index in [-0.39, 0.29) is 28.9 Å². The van der Waals surface area contributed by atoms with E-state index >= 15 is 4.39 Å². The Hall–Kier alpha value is -3.59. The number of nitrogens with one attached hydrogen (secondary N) is 1. The van der Waals surface area contributed by atoms with Gasteiger partial charge in [0.1, 0.15) is 24.3 Å². The molecule has 2 aromatic carbocycles. The van der Waals surface area contributed by atoms with Gasteiger partial charge in [-0.15, -0.1) is 6.42 Å². The summed E-state index contributed by atoms with van der Waals surface area (Å²) in [5, 5.41) is 15.9. The zero-order chi connectivity index (χ0) is 31.9. The molecule has 4 saturated heterocycles. The summed E-state index contributed by atoms with van der Waals surface area (Å²) in [5.74, 6) is 3.04. The van der Waals surface area contributed by atoms with Crippen LogP contribution in [0.1, 0.15) is 68.2 Å². The van der Waals surface area contributed by atoms with E-state index in [0.29, 0.717) is 48.0 Å². The van der Waals surface area contributed by atoms with E-state index in [2.05, 4.69) is 25.3 Å². The summed E-state index contributed by atoms with van der Waals surface area (Å²) in [5.41, 5.74) is 2.07. The van der Waals surface area contributed by atoms with Crippen LogP contribution in [-0.4, -0.2) is 86.9 Å². The molecule has 5 aliphatic heterocycles. The molecular weight excluding hydrogens is 618 g/mol. The Labute approximate surface area is 277 Å². The summed E-state index contributed by atoms with van der Waals surface area (Å²) >= 11 is 1.62. The quantitative estimate of drug-likeness (QED) is 0.256. The van der Waals surface area contributed by atoms with Crippen LogP contribution in [0.3, 0.4) is 0 Å². The SMILES string of the molecule is C#Cc1c(F)ccc2cc(O)cc(C3=Cc4nc(OC[C@@]56CCCN5CC(F)C6)nc(N5CC6CCC(C5)N6)c4SN3C3CCC3)c12. The smallest absolute Gasteiger partial charge is 0.319 e. The van der Waals surface area contributed by atoms with Crippen LogP contribution in [0, 0.1) is 18.2 Å². The van der Waals surface area contributed by atoms with Crippen molar-refractivity contribution < 1.29 is 18.6 Å². The topological polar surface area (TPSA) is 77.0 Å². The van der Waals surface area contributed by atoms with E-state index in [9.17, 15) is 9.50 Å². The maximum atomic E-state index is 15.1. The van der Waals surface area contributed by atoms with E-state index in [0.717, 1.165) is 86.7 Å². The number of aromatic nitrogens is 2. The number of hydrogen-bond donors (Lipinski definition) is 2. The summed E-state index contributed by atoms with van der Waals surface area (Å²) in [7, 11) is 0. The fourth-order valence-electron chi connectivity index (χ4n) is 8.71. The monoisotopic (exact) mass is 656 g/mol. The minimum atomic E-state index is -0.843. The molecule has 1 aromatic heterocycles. The molecule has 1 aliphatic carbocycles. The Bertz CT molecular complexity index is 1830. The average Bonchev–Trinajstić information content (AvgIpc) is 3.68. The summed E-state index contributed by atoms with van der Waals surface area (Å²) in [6.07, 6.45) is 14.9. The van der Waals surface area contributed by atoms with Crippen molar-refractivity contribution in [2.75, 3.05) is 37.7 Å². The number of rotatable bonds is 6. The van der Waals surface area contributed by atoms with Crippen LogP contribution >= 0.6 is 11.9 Å². The molecule has 2 N–H and O–H groups in total. The molecule has 244 valence electrons. The summed E-state index contributed by atoms with van der Waals surface area (Å²) in [6.45, 7) is 3.40. The van der Waals surface area contributed by atoms with E-state index in [4.69, 9.17) is 21.1 Å². The van der Waals surface area contributed by atoms with Gasteiger partial charge in [-0.1, -0.05) is 12.0 Å². The third-order valence-corrected chi connectivity index (χ3v) is 12.4. The second-order valence-electron chi connectivity index (χ2n) is 14.1. The molecule has 0 radical (unpaired) electrons. The molecule has 2 bridgehead atoms. The maximum Gasteiger partial charge on any atom is 0.319 e. The van der Waals surface area contributed by atoms with E-state index < -0.39 is 12.0 Å². The number of fused-ring (bicyclic) bond motifs is 5. The van der Waals surface area contributed by atoms with E-state index in [1.54, 1.807) is 30.1 Å². The predicted molar refractivity (Wildman–Crippen MR) is 179 cm³/mol. The number of piperazine rings is 1. The highest BCUT2D eigenvalue weighted by atomic mass is 32.2. The lowest BCUT2D eigenvalue weighted by Gasteiger charge is -2.43. The van der Waals surface area contributed by atoms with E-state index in [1.165, 1.54) is 6.07 Å². The minimum Gasteiger partial charge on any atom is -0.508 e. The standard InChI is InChI=1S/C36H38F2N6O2S/c1-2-27-29(38)10-7-21-13-26(45)14-28(32(21)27)31-15-30-33(47-44(31)25-5-3-6-25)34(42-18-23-8-9-24(19-42)39-23)41-35(40-30)46-20-36-11-4-12-43(36)17-22(37)16-36/h1,7,10,13-15,22-25,39,45H,3-6,8-9,11-12,16-20H2/t22?,23?,24?,36-/m0/s1. The number of alkyl halides is 1. The average molecular weight is 657 g/mol. The highest BCUT2D eigenvalue weighted by Gasteiger charge is 2.49. The molecule has 3 aromatic rings. The molecule has 0 amide bonds. The van der Waals surface area contributed by atoms with Gasteiger partial charge in [-0.25, -0.2) is 8.78 Å². The summed E-state index contributed by atoms with van der Waals surface area (Å²) < 4.78 is 38.5. The molecule has 8 nitrogen and oxygen atoms in total. The van der Waals surface area contributed by atoms with Gasteiger partial charge in [0, 0.05) is 55.1 Å². The lowest BCUT2D eigenvalue weighted by Crippen LogP contribution is -2.51. The molecule has 47 heavy (non-hydrogen) atoms. The molecule has 4 atom stereocenters. The van der Waals surface area contributed by atoms with Crippen molar-refractivity contribution in [3.63, 3.8) is 0 Å². The highest BCUT2D eigenvalue weighted by Crippen LogP contribution is 2.50. The highest BCUT2D eigenvalue weighted by molar-refractivity contribution is 7.97. The number of phenols is 1. The van der Waals surface area contributed by atoms with E-state index in [1.807, 2.05) is 6.08 Å². The van der Waals surface area contributed by atoms with Gasteiger partial charge in [-0.3, -0.25) is 4.90 Å². The fourth-order valence-corrected chi connectivity index (χ4v) is 9.97. The number of aromatic hydroxyl groups is 1. The van der Waals surface area contributed by atoms with Crippen LogP contribution in [0.5, 0.6) is 11.8 Å². The van der Waals surface area contributed by atoms with Crippen LogP contribution in [0.4, 0.5) is 14.6 Å². The fraction of sp³-hybridized carbons (Fsp3) is 0.500. The number of ether oxygens (including phenoxy) is 1. The third-order valence-electron chi connectivity index (χ3n) is 11.2. The Morgan fingerprint density at radius 3 is 2.70 bits per heavy atom. The molecule has 5 fully saturated rings. The Balaban J connectivity index is 1.19. The molecule has 1 saturated carbocycles. The molecule has 9 rings (SSSR count). The summed E-state index contributed by atoms with van der Waals surface area (Å²) in [4.78, 5) is 15.7. The van der Waals surface area contributed by atoms with Crippen LogP contribution in [0.2, 0.25) is 0 Å². The largest absolute Gasteiger partial charge is 0.508 e. The number of phenolic OH excluding ortho intramolecular Hbond substituents is 1. The van der Waals surface area contributed by atoms with Gasteiger partial charge in [-0.05, 0) is 93.1 Å². The van der Waals surface area contributed by atoms with Gasteiger partial charge >= 0.3 is 6.01 Å². The van der Waals surface area contributed by atoms with Crippen molar-refractivity contribution in [2.45, 2.75) is 86.1 Å². The van der Waals surface area contributed by atoms with Crippen molar-refractivity contribution in [1.29, 1.82) is 0 Å². The lowest BCUT2D eigenvalue weighted by atomic mass is 9.90. The second kappa shape index (κ2) is 11.2. The molecule has 6 heterocycles. The van der Waals surface area contributed by atoms with Crippen LogP contribution < -0.4 is 15.0 Å². The number of hydrogen-bond acceptors (Lipinski definition) is 9. The lowest BCUT2D eigenvalue weighted by molar-refractivity contribution is 0.107. The van der Waals surface area contributed by atoms with Crippen molar-refractivity contribution in [2.24, 2.45) is 0 Å². The van der Waals surface area contributed by atoms with Gasteiger partial charge in [0.25, 0.3) is 0 Å². The van der Waals surface area contributed by atoms with Crippen molar-refractivity contribution in [3.05, 3.63) is 46.9 Å². The third kappa shape index (κ3) is 4.94. The normalized spacial score (nSPS) is 28.6. The van der Waals surface area contributed by atoms with Crippen LogP contribution in [-0.2, 0) is 0 Å². The van der Waals surface area contributed by atoms with Gasteiger partial charge in [-0.2, -0.15) is 9.97 Å². The number of terminal acetylenes is 1. The number of anilines is 1. The predicted octanol–water partition coefficient (Wildman–Crippen LogP) is 5.72. The maximum absolute atomic E-state index is 15.1. The zero-order valence-electron chi connectivity index (χ0n) is 26.2. The zero-order valence-corrected chi connectivity index (χ0v) is 27.0. The van der Waals surface area contributed by atoms with Gasteiger partial charge in [0.2, 0.25) is 0 Å². The molecule has 6 aliphatic rings. The molecule has 3 unspecified atom stereocenters. The Morgan fingerprint density at radius 1 is 1.11 bits per heavy atom. The molecular formula is C36H38F2N6O2S. The number of nitrogens with zero attached hydrogens (tertiary/aromatic N) is 5. The van der Waals surface area contributed by atoms with Crippen molar-refractivity contribution in [3.8, 4) is 24.1 Å². The van der Waals surface area contributed by atoms with Crippen molar-refractivity contribution >= 4 is 40.3 Å². The first-order valence-electron chi connectivity index (χ1n) is 16.9. The molecule has 0 spiro atoms. The number of benzene rings is 2. The number of halogens is 2. The van der Waals surface area contributed by atoms with Crippen molar-refractivity contribution in [1.82, 2.24) is 24.5 Å². The first-order valence-corrected chi connectivity index (χ1v) is 17.7. The van der Waals surface area contributed by atoms with Crippen LogP contribution in [0.15, 0.2) is 29.2 Å². The van der Waals surface area contributed by atoms with Gasteiger partial charge in [0.15, 0.2) is 5.82 Å². The Kier molecular flexibility index (Phi) is 7.07. The first kappa shape index (κ1) is 29.5.